The summed E-state index contributed by atoms with van der Waals surface area (Å²) in [5.41, 5.74) is 4.44. The summed E-state index contributed by atoms with van der Waals surface area (Å²) in [4.78, 5) is 13.4. The molecule has 0 bridgehead atoms. The van der Waals surface area contributed by atoms with Crippen LogP contribution in [0.4, 0.5) is 0 Å². The first-order valence-corrected chi connectivity index (χ1v) is 9.86. The average molecular weight is 397 g/mol. The van der Waals surface area contributed by atoms with E-state index in [0.717, 1.165) is 22.5 Å². The lowest BCUT2D eigenvalue weighted by molar-refractivity contribution is 0.0916. The summed E-state index contributed by atoms with van der Waals surface area (Å²) in [5, 5.41) is 17.6. The SMILES string of the molecule is Cc1c(C(=O)N[C@@H](CO)c2ccccc2)c(-c2ccccc2)nn1-c1ccccc1. The highest BCUT2D eigenvalue weighted by atomic mass is 16.3. The van der Waals surface area contributed by atoms with Crippen molar-refractivity contribution in [2.24, 2.45) is 0 Å². The molecule has 0 unspecified atom stereocenters. The molecular weight excluding hydrogens is 374 g/mol. The molecule has 5 heteroatoms. The molecule has 0 fully saturated rings. The lowest BCUT2D eigenvalue weighted by atomic mass is 10.0. The molecule has 0 saturated carbocycles. The second-order valence-corrected chi connectivity index (χ2v) is 7.04. The molecule has 0 spiro atoms. The van der Waals surface area contributed by atoms with Crippen molar-refractivity contribution in [3.05, 3.63) is 108 Å². The molecule has 3 aromatic carbocycles. The number of carbonyl (C=O) groups excluding carboxylic acids is 1. The second kappa shape index (κ2) is 8.76. The van der Waals surface area contributed by atoms with Gasteiger partial charge >= 0.3 is 0 Å². The molecule has 0 aliphatic heterocycles. The van der Waals surface area contributed by atoms with Crippen molar-refractivity contribution in [3.63, 3.8) is 0 Å². The molecule has 4 rings (SSSR count). The first-order chi connectivity index (χ1) is 14.7. The Hall–Kier alpha value is -3.70. The van der Waals surface area contributed by atoms with E-state index < -0.39 is 6.04 Å². The highest BCUT2D eigenvalue weighted by Gasteiger charge is 2.25. The predicted octanol–water partition coefficient (Wildman–Crippen LogP) is 4.31. The van der Waals surface area contributed by atoms with E-state index in [0.29, 0.717) is 11.3 Å². The number of para-hydroxylation sites is 1. The number of carbonyl (C=O) groups is 1. The normalized spacial score (nSPS) is 11.8. The number of aliphatic hydroxyl groups is 1. The largest absolute Gasteiger partial charge is 0.394 e. The summed E-state index contributed by atoms with van der Waals surface area (Å²) in [5.74, 6) is -0.267. The van der Waals surface area contributed by atoms with E-state index in [1.807, 2.05) is 97.9 Å². The van der Waals surface area contributed by atoms with Crippen molar-refractivity contribution < 1.29 is 9.90 Å². The van der Waals surface area contributed by atoms with E-state index in [-0.39, 0.29) is 12.5 Å². The predicted molar refractivity (Wildman–Crippen MR) is 117 cm³/mol. The lowest BCUT2D eigenvalue weighted by Gasteiger charge is -2.17. The zero-order valence-electron chi connectivity index (χ0n) is 16.7. The number of rotatable bonds is 6. The molecule has 2 N–H and O–H groups in total. The molecule has 30 heavy (non-hydrogen) atoms. The highest BCUT2D eigenvalue weighted by Crippen LogP contribution is 2.28. The van der Waals surface area contributed by atoms with E-state index in [9.17, 15) is 9.90 Å². The molecule has 0 aliphatic rings. The number of nitrogens with one attached hydrogen (secondary N) is 1. The number of benzene rings is 3. The molecule has 0 aliphatic carbocycles. The van der Waals surface area contributed by atoms with Gasteiger partial charge in [0, 0.05) is 5.56 Å². The summed E-state index contributed by atoms with van der Waals surface area (Å²) in [6, 6.07) is 28.4. The molecule has 1 heterocycles. The van der Waals surface area contributed by atoms with Gasteiger partial charge in [0.15, 0.2) is 0 Å². The van der Waals surface area contributed by atoms with E-state index >= 15 is 0 Å². The van der Waals surface area contributed by atoms with Gasteiger partial charge in [0.1, 0.15) is 5.69 Å². The Morgan fingerprint density at radius 2 is 1.50 bits per heavy atom. The third-order valence-electron chi connectivity index (χ3n) is 5.08. The van der Waals surface area contributed by atoms with Crippen LogP contribution in [-0.4, -0.2) is 27.4 Å². The molecule has 1 aromatic heterocycles. The molecule has 0 saturated heterocycles. The van der Waals surface area contributed by atoms with Gasteiger partial charge < -0.3 is 10.4 Å². The van der Waals surface area contributed by atoms with Gasteiger partial charge in [0.2, 0.25) is 0 Å². The van der Waals surface area contributed by atoms with Gasteiger partial charge in [-0.05, 0) is 24.6 Å². The van der Waals surface area contributed by atoms with Gasteiger partial charge in [-0.25, -0.2) is 4.68 Å². The Kier molecular flexibility index (Phi) is 5.72. The van der Waals surface area contributed by atoms with E-state index in [2.05, 4.69) is 5.32 Å². The zero-order valence-corrected chi connectivity index (χ0v) is 16.7. The highest BCUT2D eigenvalue weighted by molar-refractivity contribution is 6.01. The molecule has 1 atom stereocenters. The van der Waals surface area contributed by atoms with E-state index in [1.54, 1.807) is 4.68 Å². The summed E-state index contributed by atoms with van der Waals surface area (Å²) in [6.45, 7) is 1.69. The second-order valence-electron chi connectivity index (χ2n) is 7.04. The Morgan fingerprint density at radius 1 is 0.933 bits per heavy atom. The van der Waals surface area contributed by atoms with Crippen LogP contribution in [0.5, 0.6) is 0 Å². The number of aliphatic hydroxyl groups excluding tert-OH is 1. The van der Waals surface area contributed by atoms with Crippen molar-refractivity contribution in [3.8, 4) is 16.9 Å². The minimum Gasteiger partial charge on any atom is -0.394 e. The van der Waals surface area contributed by atoms with Crippen LogP contribution in [0.3, 0.4) is 0 Å². The first-order valence-electron chi connectivity index (χ1n) is 9.86. The summed E-state index contributed by atoms with van der Waals surface area (Å²) in [6.07, 6.45) is 0. The van der Waals surface area contributed by atoms with Crippen LogP contribution in [0.25, 0.3) is 16.9 Å². The van der Waals surface area contributed by atoms with Gasteiger partial charge in [0.25, 0.3) is 5.91 Å². The Bertz CT molecular complexity index is 1120. The quantitative estimate of drug-likeness (QED) is 0.509. The first kappa shape index (κ1) is 19.6. The minimum absolute atomic E-state index is 0.192. The van der Waals surface area contributed by atoms with Crippen molar-refractivity contribution in [1.29, 1.82) is 0 Å². The number of hydrogen-bond donors (Lipinski definition) is 2. The molecule has 5 nitrogen and oxygen atoms in total. The third kappa shape index (κ3) is 3.88. The Morgan fingerprint density at radius 3 is 2.10 bits per heavy atom. The van der Waals surface area contributed by atoms with Crippen LogP contribution in [-0.2, 0) is 0 Å². The van der Waals surface area contributed by atoms with Crippen LogP contribution in [0.2, 0.25) is 0 Å². The Labute approximate surface area is 175 Å². The average Bonchev–Trinajstić information content (AvgIpc) is 3.16. The smallest absolute Gasteiger partial charge is 0.255 e. The van der Waals surface area contributed by atoms with Crippen molar-refractivity contribution in [1.82, 2.24) is 15.1 Å². The lowest BCUT2D eigenvalue weighted by Crippen LogP contribution is -2.31. The molecule has 4 aromatic rings. The van der Waals surface area contributed by atoms with Crippen LogP contribution in [0.1, 0.15) is 27.7 Å². The van der Waals surface area contributed by atoms with Crippen LogP contribution < -0.4 is 5.32 Å². The van der Waals surface area contributed by atoms with Gasteiger partial charge in [-0.15, -0.1) is 0 Å². The van der Waals surface area contributed by atoms with Crippen LogP contribution >= 0.6 is 0 Å². The molecular formula is C25H23N3O2. The number of aromatic nitrogens is 2. The van der Waals surface area contributed by atoms with Gasteiger partial charge in [-0.3, -0.25) is 4.79 Å². The van der Waals surface area contributed by atoms with Crippen LogP contribution in [0, 0.1) is 6.92 Å². The van der Waals surface area contributed by atoms with Gasteiger partial charge in [-0.2, -0.15) is 5.10 Å². The number of nitrogens with zero attached hydrogens (tertiary/aromatic N) is 2. The standard InChI is InChI=1S/C25H23N3O2/c1-18-23(25(30)26-22(17-29)19-11-5-2-6-12-19)24(20-13-7-3-8-14-20)27-28(18)21-15-9-4-10-16-21/h2-16,22,29H,17H2,1H3,(H,26,30)/t22-/m0/s1. The summed E-state index contributed by atoms with van der Waals surface area (Å²) < 4.78 is 1.79. The summed E-state index contributed by atoms with van der Waals surface area (Å²) >= 11 is 0. The molecule has 150 valence electrons. The topological polar surface area (TPSA) is 67.2 Å². The summed E-state index contributed by atoms with van der Waals surface area (Å²) in [7, 11) is 0. The van der Waals surface area contributed by atoms with Crippen LogP contribution in [0.15, 0.2) is 91.0 Å². The number of amides is 1. The fraction of sp³-hybridized carbons (Fsp3) is 0.120. The van der Waals surface area contributed by atoms with Crippen molar-refractivity contribution >= 4 is 5.91 Å². The number of hydrogen-bond acceptors (Lipinski definition) is 3. The zero-order chi connectivity index (χ0) is 20.9. The van der Waals surface area contributed by atoms with E-state index in [4.69, 9.17) is 5.10 Å². The van der Waals surface area contributed by atoms with Crippen molar-refractivity contribution in [2.75, 3.05) is 6.61 Å². The maximum Gasteiger partial charge on any atom is 0.255 e. The van der Waals surface area contributed by atoms with Gasteiger partial charge in [0.05, 0.1) is 29.6 Å². The molecule has 1 amide bonds. The minimum atomic E-state index is -0.498. The molecule has 0 radical (unpaired) electrons. The fourth-order valence-electron chi connectivity index (χ4n) is 3.54. The van der Waals surface area contributed by atoms with Gasteiger partial charge in [-0.1, -0.05) is 78.9 Å². The monoisotopic (exact) mass is 397 g/mol. The van der Waals surface area contributed by atoms with Crippen molar-refractivity contribution in [2.45, 2.75) is 13.0 Å². The third-order valence-corrected chi connectivity index (χ3v) is 5.08. The van der Waals surface area contributed by atoms with E-state index in [1.165, 1.54) is 0 Å². The maximum atomic E-state index is 13.4. The Balaban J connectivity index is 1.77. The fourth-order valence-corrected chi connectivity index (χ4v) is 3.54. The maximum absolute atomic E-state index is 13.4.